The van der Waals surface area contributed by atoms with Gasteiger partial charge in [0.05, 0.1) is 0 Å². The fourth-order valence-corrected chi connectivity index (χ4v) is 5.85. The number of hydrogen-bond acceptors (Lipinski definition) is 2. The van der Waals surface area contributed by atoms with Crippen molar-refractivity contribution in [2.24, 2.45) is 0 Å². The molecular formula is C27H21NS. The van der Waals surface area contributed by atoms with Gasteiger partial charge in [-0.25, -0.2) is 0 Å². The molecule has 0 saturated heterocycles. The Morgan fingerprint density at radius 3 is 2.24 bits per heavy atom. The summed E-state index contributed by atoms with van der Waals surface area (Å²) in [5.41, 5.74) is 7.82. The normalized spacial score (nSPS) is 14.1. The Balaban J connectivity index is 1.52. The van der Waals surface area contributed by atoms with Crippen LogP contribution < -0.4 is 5.32 Å². The lowest BCUT2D eigenvalue weighted by Gasteiger charge is -2.22. The van der Waals surface area contributed by atoms with Crippen molar-refractivity contribution in [1.82, 2.24) is 0 Å². The molecule has 29 heavy (non-hydrogen) atoms. The van der Waals surface area contributed by atoms with Crippen molar-refractivity contribution in [3.8, 4) is 11.1 Å². The standard InChI is InChI=1S/C27H21NS/c1-27(2)23-14-18(28-17-8-4-3-5-9-17)12-13-19(23)21-16-26-22(15-24(21)27)20-10-6-7-11-25(20)29-26/h3-16,28H,1-2H3. The second-order valence-corrected chi connectivity index (χ2v) is 9.45. The van der Waals surface area contributed by atoms with E-state index in [9.17, 15) is 0 Å². The Bertz CT molecular complexity index is 1390. The SMILES string of the molecule is CC1(C)c2cc(Nc3ccccc3)ccc2-c2cc3sc4ccccc4c3cc21. The molecule has 1 aliphatic rings. The quantitative estimate of drug-likeness (QED) is 0.320. The zero-order valence-electron chi connectivity index (χ0n) is 16.5. The highest BCUT2D eigenvalue weighted by atomic mass is 32.1. The number of anilines is 2. The first-order valence-corrected chi connectivity index (χ1v) is 10.9. The zero-order valence-corrected chi connectivity index (χ0v) is 17.3. The Labute approximate surface area is 174 Å². The van der Waals surface area contributed by atoms with E-state index in [0.717, 1.165) is 11.4 Å². The van der Waals surface area contributed by atoms with Crippen molar-refractivity contribution >= 4 is 42.9 Å². The van der Waals surface area contributed by atoms with Crippen LogP contribution in [0.25, 0.3) is 31.3 Å². The smallest absolute Gasteiger partial charge is 0.0387 e. The van der Waals surface area contributed by atoms with Crippen LogP contribution >= 0.6 is 11.3 Å². The number of nitrogens with one attached hydrogen (secondary N) is 1. The van der Waals surface area contributed by atoms with E-state index < -0.39 is 0 Å². The van der Waals surface area contributed by atoms with Crippen LogP contribution in [0.1, 0.15) is 25.0 Å². The first-order chi connectivity index (χ1) is 14.1. The summed E-state index contributed by atoms with van der Waals surface area (Å²) >= 11 is 1.90. The summed E-state index contributed by atoms with van der Waals surface area (Å²) in [6.07, 6.45) is 0. The van der Waals surface area contributed by atoms with Crippen LogP contribution in [-0.2, 0) is 5.41 Å². The number of thiophene rings is 1. The molecule has 1 aromatic heterocycles. The van der Waals surface area contributed by atoms with Crippen molar-refractivity contribution in [2.75, 3.05) is 5.32 Å². The van der Waals surface area contributed by atoms with Crippen molar-refractivity contribution in [3.05, 3.63) is 96.1 Å². The molecule has 0 bridgehead atoms. The summed E-state index contributed by atoms with van der Waals surface area (Å²) in [4.78, 5) is 0. The molecule has 1 heterocycles. The molecule has 0 spiro atoms. The first kappa shape index (κ1) is 16.8. The van der Waals surface area contributed by atoms with E-state index in [0.29, 0.717) is 0 Å². The molecule has 5 aromatic rings. The fourth-order valence-electron chi connectivity index (χ4n) is 4.72. The molecule has 0 saturated carbocycles. The average Bonchev–Trinajstić information content (AvgIpc) is 3.20. The maximum atomic E-state index is 3.55. The molecule has 0 radical (unpaired) electrons. The van der Waals surface area contributed by atoms with Gasteiger partial charge in [0.25, 0.3) is 0 Å². The van der Waals surface area contributed by atoms with E-state index >= 15 is 0 Å². The largest absolute Gasteiger partial charge is 0.356 e. The monoisotopic (exact) mass is 391 g/mol. The van der Waals surface area contributed by atoms with Crippen LogP contribution in [0.15, 0.2) is 84.9 Å². The van der Waals surface area contributed by atoms with E-state index in [1.807, 2.05) is 17.4 Å². The first-order valence-electron chi connectivity index (χ1n) is 10.0. The van der Waals surface area contributed by atoms with E-state index in [4.69, 9.17) is 0 Å². The van der Waals surface area contributed by atoms with E-state index in [2.05, 4.69) is 98.0 Å². The third-order valence-electron chi connectivity index (χ3n) is 6.24. The molecule has 0 atom stereocenters. The van der Waals surface area contributed by atoms with Gasteiger partial charge in [-0.05, 0) is 64.7 Å². The molecule has 140 valence electrons. The topological polar surface area (TPSA) is 12.0 Å². The minimum atomic E-state index is -0.0176. The Morgan fingerprint density at radius 1 is 0.621 bits per heavy atom. The summed E-state index contributed by atoms with van der Waals surface area (Å²) in [5.74, 6) is 0. The highest BCUT2D eigenvalue weighted by molar-refractivity contribution is 7.25. The van der Waals surface area contributed by atoms with Crippen LogP contribution in [0, 0.1) is 0 Å². The van der Waals surface area contributed by atoms with E-state index in [1.54, 1.807) is 0 Å². The lowest BCUT2D eigenvalue weighted by molar-refractivity contribution is 0.661. The Morgan fingerprint density at radius 2 is 1.38 bits per heavy atom. The van der Waals surface area contributed by atoms with Gasteiger partial charge >= 0.3 is 0 Å². The molecule has 1 aliphatic carbocycles. The maximum Gasteiger partial charge on any atom is 0.0387 e. The van der Waals surface area contributed by atoms with Gasteiger partial charge in [0.15, 0.2) is 0 Å². The number of benzene rings is 4. The number of hydrogen-bond donors (Lipinski definition) is 1. The van der Waals surface area contributed by atoms with Crippen molar-refractivity contribution in [1.29, 1.82) is 0 Å². The van der Waals surface area contributed by atoms with Gasteiger partial charge in [-0.3, -0.25) is 0 Å². The van der Waals surface area contributed by atoms with Gasteiger partial charge in [-0.15, -0.1) is 11.3 Å². The molecular weight excluding hydrogens is 370 g/mol. The minimum Gasteiger partial charge on any atom is -0.356 e. The van der Waals surface area contributed by atoms with Crippen LogP contribution in [-0.4, -0.2) is 0 Å². The number of rotatable bonds is 2. The van der Waals surface area contributed by atoms with Gasteiger partial charge in [-0.1, -0.05) is 56.3 Å². The molecule has 1 nitrogen and oxygen atoms in total. The van der Waals surface area contributed by atoms with E-state index in [1.165, 1.54) is 42.4 Å². The zero-order chi connectivity index (χ0) is 19.6. The summed E-state index contributed by atoms with van der Waals surface area (Å²) in [7, 11) is 0. The molecule has 0 unspecified atom stereocenters. The third-order valence-corrected chi connectivity index (χ3v) is 7.37. The van der Waals surface area contributed by atoms with Gasteiger partial charge in [0.1, 0.15) is 0 Å². The lowest BCUT2D eigenvalue weighted by Crippen LogP contribution is -2.15. The minimum absolute atomic E-state index is 0.0176. The Hall–Kier alpha value is -3.10. The molecule has 0 fully saturated rings. The molecule has 0 aliphatic heterocycles. The highest BCUT2D eigenvalue weighted by Crippen LogP contribution is 2.52. The molecule has 1 N–H and O–H groups in total. The summed E-state index contributed by atoms with van der Waals surface area (Å²) < 4.78 is 2.74. The molecule has 4 aromatic carbocycles. The van der Waals surface area contributed by atoms with Crippen molar-refractivity contribution in [3.63, 3.8) is 0 Å². The van der Waals surface area contributed by atoms with E-state index in [-0.39, 0.29) is 5.41 Å². The number of para-hydroxylation sites is 1. The molecule has 6 rings (SSSR count). The summed E-state index contributed by atoms with van der Waals surface area (Å²) in [6, 6.07) is 30.8. The van der Waals surface area contributed by atoms with Crippen molar-refractivity contribution < 1.29 is 0 Å². The highest BCUT2D eigenvalue weighted by Gasteiger charge is 2.36. The lowest BCUT2D eigenvalue weighted by atomic mass is 9.82. The predicted octanol–water partition coefficient (Wildman–Crippen LogP) is 8.10. The van der Waals surface area contributed by atoms with Gasteiger partial charge < -0.3 is 5.32 Å². The van der Waals surface area contributed by atoms with Crippen LogP contribution in [0.2, 0.25) is 0 Å². The number of fused-ring (bicyclic) bond motifs is 6. The van der Waals surface area contributed by atoms with Crippen LogP contribution in [0.5, 0.6) is 0 Å². The second-order valence-electron chi connectivity index (χ2n) is 8.37. The maximum absolute atomic E-state index is 3.55. The van der Waals surface area contributed by atoms with Gasteiger partial charge in [0.2, 0.25) is 0 Å². The van der Waals surface area contributed by atoms with Gasteiger partial charge in [-0.2, -0.15) is 0 Å². The Kier molecular flexibility index (Phi) is 3.45. The van der Waals surface area contributed by atoms with Crippen molar-refractivity contribution in [2.45, 2.75) is 19.3 Å². The average molecular weight is 392 g/mol. The van der Waals surface area contributed by atoms with Crippen LogP contribution in [0.4, 0.5) is 11.4 Å². The summed E-state index contributed by atoms with van der Waals surface area (Å²) in [6.45, 7) is 4.70. The fraction of sp³-hybridized carbons (Fsp3) is 0.111. The molecule has 0 amide bonds. The molecule has 2 heteroatoms. The third kappa shape index (κ3) is 2.46. The van der Waals surface area contributed by atoms with Crippen LogP contribution in [0.3, 0.4) is 0 Å². The summed E-state index contributed by atoms with van der Waals surface area (Å²) in [5, 5.41) is 6.30. The van der Waals surface area contributed by atoms with Gasteiger partial charge in [0, 0.05) is 37.0 Å². The predicted molar refractivity (Wildman–Crippen MR) is 127 cm³/mol. The second kappa shape index (κ2) is 5.95.